The molecule has 1 aromatic heterocycles. The van der Waals surface area contributed by atoms with Gasteiger partial charge in [-0.05, 0) is 70.1 Å². The molecule has 4 N–H and O–H groups in total. The van der Waals surface area contributed by atoms with Gasteiger partial charge in [-0.15, -0.1) is 0 Å². The number of piperidine rings is 1. The molecule has 2 aromatic rings. The first kappa shape index (κ1) is 33.1. The molecule has 0 radical (unpaired) electrons. The molecule has 0 bridgehead atoms. The Kier molecular flexibility index (Phi) is 11.3. The average molecular weight is 596 g/mol. The van der Waals surface area contributed by atoms with Crippen LogP contribution in [0.3, 0.4) is 0 Å². The summed E-state index contributed by atoms with van der Waals surface area (Å²) >= 11 is 0. The molecule has 3 amide bonds. The Hall–Kier alpha value is -4.40. The van der Waals surface area contributed by atoms with Crippen LogP contribution in [0.2, 0.25) is 0 Å². The Morgan fingerprint density at radius 3 is 2.56 bits per heavy atom. The number of fused-ring (bicyclic) bond motifs is 1. The fraction of sp³-hybridized carbons (Fsp3) is 0.548. The van der Waals surface area contributed by atoms with E-state index in [2.05, 4.69) is 20.9 Å². The lowest BCUT2D eigenvalue weighted by Crippen LogP contribution is -2.53. The lowest BCUT2D eigenvalue weighted by molar-refractivity contribution is -0.154. The molecule has 12 nitrogen and oxygen atoms in total. The number of esters is 1. The fourth-order valence-electron chi connectivity index (χ4n) is 4.89. The molecule has 1 aliphatic rings. The molecule has 1 fully saturated rings. The zero-order valence-electron chi connectivity index (χ0n) is 25.4. The molecule has 1 aliphatic heterocycles. The number of Topliss-reactive ketones (excluding diaryl/α,β-unsaturated/α-hetero) is 1. The van der Waals surface area contributed by atoms with E-state index in [-0.39, 0.29) is 29.9 Å². The quantitative estimate of drug-likeness (QED) is 0.241. The maximum absolute atomic E-state index is 13.6. The molecule has 232 valence electrons. The van der Waals surface area contributed by atoms with E-state index in [1.165, 1.54) is 21.0 Å². The summed E-state index contributed by atoms with van der Waals surface area (Å²) in [5.41, 5.74) is -0.511. The molecule has 1 aromatic carbocycles. The topological polar surface area (TPSA) is 179 Å². The Morgan fingerprint density at radius 2 is 1.91 bits per heavy atom. The summed E-state index contributed by atoms with van der Waals surface area (Å²) in [6, 6.07) is 6.79. The van der Waals surface area contributed by atoms with Gasteiger partial charge in [0.25, 0.3) is 5.91 Å². The second-order valence-electron chi connectivity index (χ2n) is 11.8. The summed E-state index contributed by atoms with van der Waals surface area (Å²) in [6.45, 7) is 6.51. The van der Waals surface area contributed by atoms with Crippen LogP contribution in [0, 0.1) is 28.6 Å². The van der Waals surface area contributed by atoms with Crippen molar-refractivity contribution in [3.63, 3.8) is 0 Å². The molecule has 3 atom stereocenters. The number of nitrogens with zero attached hydrogens (tertiary/aromatic N) is 1. The number of rotatable bonds is 14. The van der Waals surface area contributed by atoms with Gasteiger partial charge in [-0.2, -0.15) is 5.26 Å². The van der Waals surface area contributed by atoms with Crippen molar-refractivity contribution in [2.45, 2.75) is 71.9 Å². The Bertz CT molecular complexity index is 1390. The molecular weight excluding hydrogens is 554 g/mol. The maximum atomic E-state index is 13.6. The minimum Gasteiger partial charge on any atom is -0.496 e. The van der Waals surface area contributed by atoms with E-state index >= 15 is 0 Å². The van der Waals surface area contributed by atoms with Crippen LogP contribution in [0.15, 0.2) is 24.3 Å². The van der Waals surface area contributed by atoms with Crippen LogP contribution in [0.1, 0.15) is 70.3 Å². The van der Waals surface area contributed by atoms with Crippen LogP contribution in [0.5, 0.6) is 5.75 Å². The van der Waals surface area contributed by atoms with Gasteiger partial charge in [0.05, 0.1) is 19.2 Å². The van der Waals surface area contributed by atoms with Crippen molar-refractivity contribution >= 4 is 40.4 Å². The lowest BCUT2D eigenvalue weighted by Gasteiger charge is -2.26. The van der Waals surface area contributed by atoms with Crippen molar-refractivity contribution in [2.75, 3.05) is 20.3 Å². The van der Waals surface area contributed by atoms with Gasteiger partial charge in [0.1, 0.15) is 22.9 Å². The van der Waals surface area contributed by atoms with E-state index in [9.17, 15) is 29.2 Å². The van der Waals surface area contributed by atoms with Gasteiger partial charge >= 0.3 is 5.97 Å². The third-order valence-electron chi connectivity index (χ3n) is 7.46. The van der Waals surface area contributed by atoms with Crippen LogP contribution in [-0.2, 0) is 23.9 Å². The molecule has 12 heteroatoms. The highest BCUT2D eigenvalue weighted by Gasteiger charge is 2.33. The van der Waals surface area contributed by atoms with Gasteiger partial charge < -0.3 is 30.4 Å². The van der Waals surface area contributed by atoms with Crippen molar-refractivity contribution in [1.29, 1.82) is 5.26 Å². The van der Waals surface area contributed by atoms with E-state index in [1.54, 1.807) is 24.3 Å². The number of hydrogen-bond donors (Lipinski definition) is 4. The summed E-state index contributed by atoms with van der Waals surface area (Å²) < 4.78 is 10.5. The molecule has 0 saturated carbocycles. The smallest absolute Gasteiger partial charge is 0.326 e. The molecular formula is C31H41N5O7. The number of methoxy groups -OCH3 is 1. The maximum Gasteiger partial charge on any atom is 0.326 e. The lowest BCUT2D eigenvalue weighted by atomic mass is 9.91. The largest absolute Gasteiger partial charge is 0.496 e. The Labute approximate surface area is 251 Å². The van der Waals surface area contributed by atoms with Gasteiger partial charge in [-0.3, -0.25) is 24.0 Å². The molecule has 43 heavy (non-hydrogen) atoms. The van der Waals surface area contributed by atoms with Crippen molar-refractivity contribution < 1.29 is 33.4 Å². The second-order valence-corrected chi connectivity index (χ2v) is 11.8. The number of nitrogens with one attached hydrogen (secondary N) is 4. The number of aromatic amines is 1. The van der Waals surface area contributed by atoms with Gasteiger partial charge in [0, 0.05) is 23.4 Å². The van der Waals surface area contributed by atoms with Crippen LogP contribution >= 0.6 is 0 Å². The fourth-order valence-corrected chi connectivity index (χ4v) is 4.89. The first-order valence-corrected chi connectivity index (χ1v) is 14.5. The summed E-state index contributed by atoms with van der Waals surface area (Å²) in [4.78, 5) is 67.7. The van der Waals surface area contributed by atoms with E-state index in [0.29, 0.717) is 42.5 Å². The number of carbonyl (C=O) groups excluding carboxylic acids is 5. The highest BCUT2D eigenvalue weighted by Crippen LogP contribution is 2.26. The number of ether oxygens (including phenoxy) is 2. The van der Waals surface area contributed by atoms with Gasteiger partial charge in [0.2, 0.25) is 11.8 Å². The number of amides is 3. The van der Waals surface area contributed by atoms with E-state index < -0.39 is 47.7 Å². The standard InChI is InChI=1S/C31H41N5O7/c1-18(2)14-23(36-29(40)24-15-20-21(34-24)9-6-10-26(20)42-5)28(39)35-22(12-11-19-8-7-13-33-27(19)38)25(37)16-43-30(41)31(3,4)17-32/h6,9-10,15,18-19,22-23,34H,7-8,11-14,16H2,1-5H3,(H,33,38)(H,35,39)(H,36,40)/t19-,22-,23-/m0/s1. The number of ketones is 1. The Balaban J connectivity index is 1.77. The summed E-state index contributed by atoms with van der Waals surface area (Å²) in [6.07, 6.45) is 2.22. The number of benzene rings is 1. The predicted molar refractivity (Wildman–Crippen MR) is 158 cm³/mol. The van der Waals surface area contributed by atoms with Crippen LogP contribution in [0.25, 0.3) is 10.9 Å². The molecule has 2 heterocycles. The van der Waals surface area contributed by atoms with Crippen molar-refractivity contribution in [3.05, 3.63) is 30.0 Å². The average Bonchev–Trinajstić information content (AvgIpc) is 3.42. The molecule has 3 rings (SSSR count). The predicted octanol–water partition coefficient (Wildman–Crippen LogP) is 2.77. The third kappa shape index (κ3) is 8.80. The number of hydrogen-bond acceptors (Lipinski definition) is 8. The zero-order chi connectivity index (χ0) is 31.7. The molecule has 1 saturated heterocycles. The van der Waals surface area contributed by atoms with Crippen LogP contribution < -0.4 is 20.7 Å². The van der Waals surface area contributed by atoms with Gasteiger partial charge in [0.15, 0.2) is 12.4 Å². The zero-order valence-corrected chi connectivity index (χ0v) is 25.4. The Morgan fingerprint density at radius 1 is 1.16 bits per heavy atom. The van der Waals surface area contributed by atoms with E-state index in [4.69, 9.17) is 9.47 Å². The SMILES string of the molecule is COc1cccc2[nH]c(C(=O)N[C@@H](CC(C)C)C(=O)N[C@@H](CC[C@@H]3CCCNC3=O)C(=O)COC(=O)C(C)(C)C#N)cc12. The normalized spacial score (nSPS) is 16.5. The summed E-state index contributed by atoms with van der Waals surface area (Å²) in [7, 11) is 1.54. The molecule has 0 spiro atoms. The van der Waals surface area contributed by atoms with Gasteiger partial charge in [-0.1, -0.05) is 19.9 Å². The number of nitriles is 1. The first-order valence-electron chi connectivity index (χ1n) is 14.5. The number of H-pyrrole nitrogens is 1. The molecule has 0 aliphatic carbocycles. The minimum atomic E-state index is -1.45. The van der Waals surface area contributed by atoms with E-state index in [1.807, 2.05) is 19.9 Å². The van der Waals surface area contributed by atoms with Crippen molar-refractivity contribution in [2.24, 2.45) is 17.3 Å². The number of carbonyl (C=O) groups is 5. The minimum absolute atomic E-state index is 0.0214. The van der Waals surface area contributed by atoms with Gasteiger partial charge in [-0.25, -0.2) is 0 Å². The highest BCUT2D eigenvalue weighted by atomic mass is 16.5. The number of aromatic nitrogens is 1. The monoisotopic (exact) mass is 595 g/mol. The second kappa shape index (κ2) is 14.7. The van der Waals surface area contributed by atoms with Crippen LogP contribution in [0.4, 0.5) is 0 Å². The summed E-state index contributed by atoms with van der Waals surface area (Å²) in [5, 5.41) is 18.2. The van der Waals surface area contributed by atoms with Crippen LogP contribution in [-0.4, -0.2) is 66.8 Å². The third-order valence-corrected chi connectivity index (χ3v) is 7.46. The first-order chi connectivity index (χ1) is 20.4. The van der Waals surface area contributed by atoms with Crippen molar-refractivity contribution in [3.8, 4) is 11.8 Å². The molecule has 0 unspecified atom stereocenters. The van der Waals surface area contributed by atoms with E-state index in [0.717, 1.165) is 6.42 Å². The van der Waals surface area contributed by atoms with Crippen molar-refractivity contribution in [1.82, 2.24) is 20.9 Å². The summed E-state index contributed by atoms with van der Waals surface area (Å²) in [5.74, 6) is -2.33. The highest BCUT2D eigenvalue weighted by molar-refractivity contribution is 6.02.